The van der Waals surface area contributed by atoms with Crippen molar-refractivity contribution in [1.82, 2.24) is 35.7 Å². The van der Waals surface area contributed by atoms with Crippen LogP contribution in [0.1, 0.15) is 69.3 Å². The summed E-state index contributed by atoms with van der Waals surface area (Å²) in [6.07, 6.45) is 12.9. The van der Waals surface area contributed by atoms with E-state index in [1.807, 2.05) is 30.1 Å². The molecule has 12 nitrogen and oxygen atoms in total. The molecule has 4 N–H and O–H groups in total. The zero-order valence-electron chi connectivity index (χ0n) is 31.2. The van der Waals surface area contributed by atoms with Crippen LogP contribution in [-0.2, 0) is 19.1 Å². The van der Waals surface area contributed by atoms with Crippen LogP contribution >= 0.6 is 0 Å². The molecule has 4 heterocycles. The normalized spacial score (nSPS) is 21.7. The molecule has 14 heteroatoms. The summed E-state index contributed by atoms with van der Waals surface area (Å²) in [5, 5.41) is 9.35. The van der Waals surface area contributed by atoms with E-state index in [2.05, 4.69) is 25.9 Å². The lowest BCUT2D eigenvalue weighted by molar-refractivity contribution is -0.135. The highest BCUT2D eigenvalue weighted by atomic mass is 19.1. The second kappa shape index (κ2) is 16.5. The Morgan fingerprint density at radius 3 is 2.40 bits per heavy atom. The largest absolute Gasteiger partial charge is 0.453 e. The minimum Gasteiger partial charge on any atom is -0.453 e. The fraction of sp³-hybridized carbons (Fsp3) is 0.415. The van der Waals surface area contributed by atoms with E-state index in [1.54, 1.807) is 48.7 Å². The monoisotopic (exact) mass is 755 g/mol. The van der Waals surface area contributed by atoms with Crippen molar-refractivity contribution in [2.75, 3.05) is 27.3 Å². The Morgan fingerprint density at radius 2 is 1.71 bits per heavy atom. The van der Waals surface area contributed by atoms with Crippen molar-refractivity contribution in [2.45, 2.75) is 82.3 Å². The van der Waals surface area contributed by atoms with Crippen LogP contribution in [0.5, 0.6) is 0 Å². The molecular formula is C41H47F2N7O5. The van der Waals surface area contributed by atoms with E-state index >= 15 is 8.78 Å². The number of carbonyl (C=O) groups is 3. The summed E-state index contributed by atoms with van der Waals surface area (Å²) in [4.78, 5) is 50.3. The van der Waals surface area contributed by atoms with E-state index in [0.717, 1.165) is 37.7 Å². The number of imidazole rings is 1. The first-order chi connectivity index (χ1) is 26.6. The van der Waals surface area contributed by atoms with Gasteiger partial charge in [-0.2, -0.15) is 0 Å². The molecule has 290 valence electrons. The average molecular weight is 756 g/mol. The number of alkyl carbamates (subject to hydrolysis) is 1. The predicted molar refractivity (Wildman–Crippen MR) is 203 cm³/mol. The second-order valence-corrected chi connectivity index (χ2v) is 14.4. The van der Waals surface area contributed by atoms with Gasteiger partial charge in [-0.1, -0.05) is 30.4 Å². The van der Waals surface area contributed by atoms with Crippen molar-refractivity contribution >= 4 is 23.6 Å². The van der Waals surface area contributed by atoms with Crippen LogP contribution in [0, 0.1) is 11.6 Å². The van der Waals surface area contributed by atoms with Gasteiger partial charge in [-0.15, -0.1) is 0 Å². The molecule has 0 radical (unpaired) electrons. The van der Waals surface area contributed by atoms with Crippen LogP contribution in [0.15, 0.2) is 72.6 Å². The molecule has 1 unspecified atom stereocenters. The minimum atomic E-state index is -0.880. The number of methoxy groups -OCH3 is 2. The number of amides is 3. The summed E-state index contributed by atoms with van der Waals surface area (Å²) in [5.74, 6) is -0.606. The molecule has 1 aromatic heterocycles. The molecule has 3 aliphatic heterocycles. The van der Waals surface area contributed by atoms with Crippen LogP contribution in [0.25, 0.3) is 28.1 Å². The molecule has 2 fully saturated rings. The van der Waals surface area contributed by atoms with Crippen LogP contribution < -0.4 is 16.0 Å². The summed E-state index contributed by atoms with van der Waals surface area (Å²) in [6, 6.07) is 8.18. The van der Waals surface area contributed by atoms with Gasteiger partial charge in [-0.25, -0.2) is 18.6 Å². The number of nitrogens with one attached hydrogen (secondary N) is 4. The van der Waals surface area contributed by atoms with Gasteiger partial charge in [-0.05, 0) is 86.4 Å². The number of H-pyrrole nitrogens is 1. The Kier molecular flexibility index (Phi) is 11.3. The number of ether oxygens (including phenoxy) is 2. The van der Waals surface area contributed by atoms with Crippen LogP contribution in [0.2, 0.25) is 0 Å². The molecule has 1 aliphatic carbocycles. The van der Waals surface area contributed by atoms with E-state index in [0.29, 0.717) is 59.0 Å². The van der Waals surface area contributed by atoms with Crippen molar-refractivity contribution in [2.24, 2.45) is 0 Å². The molecule has 0 bridgehead atoms. The van der Waals surface area contributed by atoms with Crippen LogP contribution in [0.3, 0.4) is 0 Å². The van der Waals surface area contributed by atoms with Crippen molar-refractivity contribution in [3.8, 4) is 22.4 Å². The number of aromatic nitrogens is 2. The second-order valence-electron chi connectivity index (χ2n) is 14.4. The zero-order valence-corrected chi connectivity index (χ0v) is 31.2. The summed E-state index contributed by atoms with van der Waals surface area (Å²) in [6.45, 7) is 3.01. The molecule has 5 atom stereocenters. The highest BCUT2D eigenvalue weighted by Crippen LogP contribution is 2.35. The maximum absolute atomic E-state index is 15.8. The molecule has 0 saturated carbocycles. The van der Waals surface area contributed by atoms with E-state index < -0.39 is 23.8 Å². The van der Waals surface area contributed by atoms with Gasteiger partial charge in [0.2, 0.25) is 11.8 Å². The maximum atomic E-state index is 15.8. The number of halogens is 2. The molecule has 4 aliphatic rings. The first kappa shape index (κ1) is 37.8. The number of benzene rings is 2. The van der Waals surface area contributed by atoms with Gasteiger partial charge in [0.25, 0.3) is 0 Å². The SMILES string of the molecule is COC(=O)N[C@@H](C(=O)N1CCC[C@H]1C1NC=C(c2ccc(-c3ccc(-c4cnc([C@@H]5CCCN5C(=O)C[C@H](C)OC)[nH]4)c(F)c3)cc2F)N1)C1=CCCC=C1. The van der Waals surface area contributed by atoms with Gasteiger partial charge in [-0.3, -0.25) is 9.59 Å². The van der Waals surface area contributed by atoms with Crippen molar-refractivity contribution < 1.29 is 32.6 Å². The van der Waals surface area contributed by atoms with E-state index in [1.165, 1.54) is 19.2 Å². The summed E-state index contributed by atoms with van der Waals surface area (Å²) in [5.41, 5.74) is 3.41. The third kappa shape index (κ3) is 8.00. The lowest BCUT2D eigenvalue weighted by Crippen LogP contribution is -2.56. The molecule has 3 aromatic rings. The van der Waals surface area contributed by atoms with Crippen molar-refractivity contribution in [3.05, 3.63) is 95.6 Å². The Balaban J connectivity index is 1.01. The van der Waals surface area contributed by atoms with Gasteiger partial charge < -0.3 is 40.2 Å². The number of allylic oxidation sites excluding steroid dienone is 2. The highest BCUT2D eigenvalue weighted by molar-refractivity contribution is 5.90. The highest BCUT2D eigenvalue weighted by Gasteiger charge is 2.40. The van der Waals surface area contributed by atoms with E-state index in [4.69, 9.17) is 9.47 Å². The number of aromatic amines is 1. The number of carbonyl (C=O) groups excluding carboxylic acids is 3. The van der Waals surface area contributed by atoms with Gasteiger partial charge in [0.1, 0.15) is 29.7 Å². The van der Waals surface area contributed by atoms with Crippen LogP contribution in [0.4, 0.5) is 13.6 Å². The topological polar surface area (TPSA) is 141 Å². The smallest absolute Gasteiger partial charge is 0.407 e. The summed E-state index contributed by atoms with van der Waals surface area (Å²) >= 11 is 0. The number of hydrogen-bond donors (Lipinski definition) is 4. The number of nitrogens with zero attached hydrogens (tertiary/aromatic N) is 3. The van der Waals surface area contributed by atoms with Gasteiger partial charge in [0.05, 0.1) is 49.3 Å². The Hall–Kier alpha value is -5.50. The Bertz CT molecular complexity index is 2030. The lowest BCUT2D eigenvalue weighted by Gasteiger charge is -2.33. The number of hydrogen-bond acceptors (Lipinski definition) is 8. The molecule has 2 aromatic carbocycles. The minimum absolute atomic E-state index is 0.00233. The molecule has 2 saturated heterocycles. The number of likely N-dealkylation sites (tertiary alicyclic amines) is 2. The quantitative estimate of drug-likeness (QED) is 0.189. The van der Waals surface area contributed by atoms with Gasteiger partial charge in [0.15, 0.2) is 0 Å². The number of rotatable bonds is 11. The molecule has 55 heavy (non-hydrogen) atoms. The lowest BCUT2D eigenvalue weighted by atomic mass is 9.98. The first-order valence-electron chi connectivity index (χ1n) is 18.9. The van der Waals surface area contributed by atoms with E-state index in [-0.39, 0.29) is 42.6 Å². The summed E-state index contributed by atoms with van der Waals surface area (Å²) < 4.78 is 41.5. The molecule has 3 amide bonds. The van der Waals surface area contributed by atoms with E-state index in [9.17, 15) is 14.4 Å². The standard InChI is InChI=1S/C41H47F2N7O5/c1-24(54-2)19-36(51)49-17-7-11-34(49)38-44-22-32(46-38)28-15-13-26(20-30(28)42)27-14-16-29(31(43)21-27)33-23-45-39(47-33)35-12-8-18-50(35)40(52)37(48-41(53)55-3)25-9-5-4-6-10-25/h5,9-10,13-16,20-24,34-35,37,39,45,47H,4,6-8,11-12,17-19H2,1-3H3,(H,44,46)(H,48,53)/t24-,34-,35-,37+,39?/m0/s1. The third-order valence-electron chi connectivity index (χ3n) is 10.9. The first-order valence-corrected chi connectivity index (χ1v) is 18.9. The maximum Gasteiger partial charge on any atom is 0.407 e. The third-order valence-corrected chi connectivity index (χ3v) is 10.9. The molecule has 7 rings (SSSR count). The van der Waals surface area contributed by atoms with Gasteiger partial charge >= 0.3 is 6.09 Å². The van der Waals surface area contributed by atoms with Crippen molar-refractivity contribution in [1.29, 1.82) is 0 Å². The molecular weight excluding hydrogens is 708 g/mol. The zero-order chi connectivity index (χ0) is 38.6. The fourth-order valence-corrected chi connectivity index (χ4v) is 7.94. The predicted octanol–water partition coefficient (Wildman–Crippen LogP) is 5.92. The Morgan fingerprint density at radius 1 is 0.982 bits per heavy atom. The van der Waals surface area contributed by atoms with Gasteiger partial charge in [0, 0.05) is 37.5 Å². The Labute approximate surface area is 319 Å². The van der Waals surface area contributed by atoms with Crippen molar-refractivity contribution in [3.63, 3.8) is 0 Å². The summed E-state index contributed by atoms with van der Waals surface area (Å²) in [7, 11) is 2.85. The van der Waals surface area contributed by atoms with Crippen LogP contribution in [-0.4, -0.2) is 89.3 Å². The average Bonchev–Trinajstić information content (AvgIpc) is 4.04. The molecule has 0 spiro atoms. The fourth-order valence-electron chi connectivity index (χ4n) is 7.94.